The van der Waals surface area contributed by atoms with E-state index < -0.39 is 34.0 Å². The molecule has 2 aromatic carbocycles. The maximum absolute atomic E-state index is 12.4. The van der Waals surface area contributed by atoms with Gasteiger partial charge in [-0.25, -0.2) is 18.0 Å². The zero-order valence-corrected chi connectivity index (χ0v) is 16.3. The lowest BCUT2D eigenvalue weighted by atomic mass is 10.2. The smallest absolute Gasteiger partial charge is 0.338 e. The fraction of sp³-hybridized carbons (Fsp3) is 0.211. The van der Waals surface area contributed by atoms with Gasteiger partial charge in [0.2, 0.25) is 0 Å². The van der Waals surface area contributed by atoms with Crippen LogP contribution in [-0.2, 0) is 19.6 Å². The Hall–Kier alpha value is -3.40. The zero-order valence-electron chi connectivity index (χ0n) is 15.5. The molecule has 10 heteroatoms. The van der Waals surface area contributed by atoms with Gasteiger partial charge in [0.25, 0.3) is 15.9 Å². The number of rotatable bonds is 6. The molecule has 152 valence electrons. The van der Waals surface area contributed by atoms with Crippen LogP contribution in [0.15, 0.2) is 59.5 Å². The molecule has 29 heavy (non-hydrogen) atoms. The Balaban J connectivity index is 1.69. The van der Waals surface area contributed by atoms with Crippen molar-refractivity contribution < 1.29 is 27.5 Å². The Labute approximate surface area is 167 Å². The van der Waals surface area contributed by atoms with E-state index in [4.69, 9.17) is 4.74 Å². The summed E-state index contributed by atoms with van der Waals surface area (Å²) in [5.41, 5.74) is 0.227. The van der Waals surface area contributed by atoms with Crippen LogP contribution in [0.5, 0.6) is 0 Å². The molecule has 0 spiro atoms. The first kappa shape index (κ1) is 20.3. The molecule has 0 aromatic heterocycles. The Morgan fingerprint density at radius 1 is 1.14 bits per heavy atom. The number of esters is 1. The number of urea groups is 1. The molecular weight excluding hydrogens is 398 g/mol. The van der Waals surface area contributed by atoms with Crippen LogP contribution in [0.25, 0.3) is 0 Å². The lowest BCUT2D eigenvalue weighted by molar-refractivity contribution is -0.136. The van der Waals surface area contributed by atoms with Crippen molar-refractivity contribution in [3.63, 3.8) is 0 Å². The van der Waals surface area contributed by atoms with Crippen LogP contribution >= 0.6 is 0 Å². The highest BCUT2D eigenvalue weighted by Gasteiger charge is 2.31. The molecule has 1 fully saturated rings. The highest BCUT2D eigenvalue weighted by molar-refractivity contribution is 7.92. The molecule has 0 aliphatic carbocycles. The fourth-order valence-electron chi connectivity index (χ4n) is 2.70. The summed E-state index contributed by atoms with van der Waals surface area (Å²) in [6.45, 7) is 1.92. The fourth-order valence-corrected chi connectivity index (χ4v) is 3.77. The minimum absolute atomic E-state index is 0.0591. The highest BCUT2D eigenvalue weighted by Crippen LogP contribution is 2.18. The van der Waals surface area contributed by atoms with Crippen LogP contribution in [0.3, 0.4) is 0 Å². The molecule has 0 unspecified atom stereocenters. The predicted octanol–water partition coefficient (Wildman–Crippen LogP) is 1.58. The van der Waals surface area contributed by atoms with Crippen molar-refractivity contribution in [1.82, 2.24) is 10.2 Å². The van der Waals surface area contributed by atoms with E-state index in [0.29, 0.717) is 6.54 Å². The number of anilines is 1. The first-order valence-corrected chi connectivity index (χ1v) is 10.2. The zero-order chi connectivity index (χ0) is 21.0. The number of nitrogens with zero attached hydrogens (tertiary/aromatic N) is 1. The van der Waals surface area contributed by atoms with E-state index >= 15 is 0 Å². The lowest BCUT2D eigenvalue weighted by Crippen LogP contribution is -2.41. The molecule has 3 rings (SSSR count). The summed E-state index contributed by atoms with van der Waals surface area (Å²) in [5.74, 6) is -1.44. The average Bonchev–Trinajstić information content (AvgIpc) is 3.13. The summed E-state index contributed by atoms with van der Waals surface area (Å²) in [6, 6.07) is 13.0. The highest BCUT2D eigenvalue weighted by atomic mass is 32.2. The SMILES string of the molecule is C[C@H](OC(=O)c1cccc(NS(=O)(=O)c2ccccc2)c1)C(=O)N1CCNC1=O. The van der Waals surface area contributed by atoms with Crippen molar-refractivity contribution in [3.8, 4) is 0 Å². The van der Waals surface area contributed by atoms with Gasteiger partial charge in [-0.1, -0.05) is 24.3 Å². The third-order valence-electron chi connectivity index (χ3n) is 4.16. The number of nitrogens with one attached hydrogen (secondary N) is 2. The number of hydrogen-bond donors (Lipinski definition) is 2. The second kappa shape index (κ2) is 8.31. The summed E-state index contributed by atoms with van der Waals surface area (Å²) in [5, 5.41) is 2.49. The minimum atomic E-state index is -3.82. The maximum Gasteiger partial charge on any atom is 0.338 e. The number of imide groups is 1. The van der Waals surface area contributed by atoms with Crippen LogP contribution in [0, 0.1) is 0 Å². The summed E-state index contributed by atoms with van der Waals surface area (Å²) in [6.07, 6.45) is -1.17. The van der Waals surface area contributed by atoms with Gasteiger partial charge < -0.3 is 10.1 Å². The van der Waals surface area contributed by atoms with Crippen LogP contribution in [0.4, 0.5) is 10.5 Å². The molecule has 0 bridgehead atoms. The van der Waals surface area contributed by atoms with E-state index in [1.165, 1.54) is 43.3 Å². The number of sulfonamides is 1. The van der Waals surface area contributed by atoms with Crippen molar-refractivity contribution in [2.75, 3.05) is 17.8 Å². The van der Waals surface area contributed by atoms with Gasteiger partial charge >= 0.3 is 12.0 Å². The Kier molecular flexibility index (Phi) is 5.83. The molecule has 1 heterocycles. The first-order chi connectivity index (χ1) is 13.8. The van der Waals surface area contributed by atoms with E-state index in [1.807, 2.05) is 0 Å². The molecular formula is C19H19N3O6S. The van der Waals surface area contributed by atoms with Gasteiger partial charge in [-0.3, -0.25) is 14.4 Å². The van der Waals surface area contributed by atoms with Crippen molar-refractivity contribution in [2.45, 2.75) is 17.9 Å². The molecule has 2 aromatic rings. The Morgan fingerprint density at radius 3 is 2.52 bits per heavy atom. The van der Waals surface area contributed by atoms with Crippen molar-refractivity contribution in [3.05, 3.63) is 60.2 Å². The monoisotopic (exact) mass is 417 g/mol. The van der Waals surface area contributed by atoms with Gasteiger partial charge in [-0.05, 0) is 37.3 Å². The van der Waals surface area contributed by atoms with Crippen LogP contribution in [-0.4, -0.2) is 50.4 Å². The van der Waals surface area contributed by atoms with E-state index in [0.717, 1.165) is 4.90 Å². The first-order valence-electron chi connectivity index (χ1n) is 8.76. The van der Waals surface area contributed by atoms with Crippen molar-refractivity contribution >= 4 is 33.6 Å². The molecule has 1 aliphatic heterocycles. The Morgan fingerprint density at radius 2 is 1.86 bits per heavy atom. The second-order valence-corrected chi connectivity index (χ2v) is 7.95. The molecule has 0 saturated carbocycles. The lowest BCUT2D eigenvalue weighted by Gasteiger charge is -2.18. The van der Waals surface area contributed by atoms with Crippen LogP contribution in [0.1, 0.15) is 17.3 Å². The standard InChI is InChI=1S/C19H19N3O6S/c1-13(17(23)22-11-10-20-19(22)25)28-18(24)14-6-5-7-15(12-14)21-29(26,27)16-8-3-2-4-9-16/h2-9,12-13,21H,10-11H2,1H3,(H,20,25)/t13-/m0/s1. The van der Waals surface area contributed by atoms with Crippen molar-refractivity contribution in [2.24, 2.45) is 0 Å². The van der Waals surface area contributed by atoms with Crippen LogP contribution < -0.4 is 10.0 Å². The van der Waals surface area contributed by atoms with Gasteiger partial charge in [-0.2, -0.15) is 0 Å². The van der Waals surface area contributed by atoms with Gasteiger partial charge in [0.05, 0.1) is 10.5 Å². The number of benzene rings is 2. The molecule has 2 N–H and O–H groups in total. The summed E-state index contributed by atoms with van der Waals surface area (Å²) < 4.78 is 32.4. The topological polar surface area (TPSA) is 122 Å². The number of carbonyl (C=O) groups is 3. The molecule has 9 nitrogen and oxygen atoms in total. The van der Waals surface area contributed by atoms with E-state index in [9.17, 15) is 22.8 Å². The number of amides is 3. The van der Waals surface area contributed by atoms with Gasteiger partial charge in [0.15, 0.2) is 6.10 Å². The molecule has 1 saturated heterocycles. The number of ether oxygens (including phenoxy) is 1. The largest absolute Gasteiger partial charge is 0.449 e. The van der Waals surface area contributed by atoms with Gasteiger partial charge in [0, 0.05) is 18.8 Å². The second-order valence-electron chi connectivity index (χ2n) is 6.27. The minimum Gasteiger partial charge on any atom is -0.449 e. The number of carbonyl (C=O) groups excluding carboxylic acids is 3. The molecule has 1 atom stereocenters. The Bertz CT molecular complexity index is 1040. The van der Waals surface area contributed by atoms with Gasteiger partial charge in [0.1, 0.15) is 0 Å². The molecule has 3 amide bonds. The van der Waals surface area contributed by atoms with E-state index in [2.05, 4.69) is 10.0 Å². The third-order valence-corrected chi connectivity index (χ3v) is 5.56. The van der Waals surface area contributed by atoms with Gasteiger partial charge in [-0.15, -0.1) is 0 Å². The summed E-state index contributed by atoms with van der Waals surface area (Å²) in [7, 11) is -3.82. The molecule has 1 aliphatic rings. The summed E-state index contributed by atoms with van der Waals surface area (Å²) >= 11 is 0. The normalized spacial score (nSPS) is 14.8. The van der Waals surface area contributed by atoms with Crippen molar-refractivity contribution in [1.29, 1.82) is 0 Å². The van der Waals surface area contributed by atoms with Crippen LogP contribution in [0.2, 0.25) is 0 Å². The maximum atomic E-state index is 12.4. The third kappa shape index (κ3) is 4.72. The quantitative estimate of drug-likeness (QED) is 0.689. The average molecular weight is 417 g/mol. The van der Waals surface area contributed by atoms with E-state index in [1.54, 1.807) is 18.2 Å². The molecule has 0 radical (unpaired) electrons. The predicted molar refractivity (Wildman–Crippen MR) is 104 cm³/mol. The number of hydrogen-bond acceptors (Lipinski definition) is 6. The van der Waals surface area contributed by atoms with E-state index in [-0.39, 0.29) is 22.7 Å². The summed E-state index contributed by atoms with van der Waals surface area (Å²) in [4.78, 5) is 37.2.